The number of benzene rings is 1. The molecular formula is C17H14F6N2O3. The Morgan fingerprint density at radius 2 is 1.57 bits per heavy atom. The number of nitrogens with zero attached hydrogens (tertiary/aromatic N) is 2. The molecule has 28 heavy (non-hydrogen) atoms. The Morgan fingerprint density at radius 1 is 1.00 bits per heavy atom. The number of aliphatic carboxylic acids is 1. The second kappa shape index (κ2) is 7.66. The molecule has 0 amide bonds. The van der Waals surface area contributed by atoms with Gasteiger partial charge in [-0.05, 0) is 23.8 Å². The number of hydrogen-bond donors (Lipinski definition) is 2. The van der Waals surface area contributed by atoms with Crippen molar-refractivity contribution in [3.8, 4) is 0 Å². The third-order valence-corrected chi connectivity index (χ3v) is 3.89. The van der Waals surface area contributed by atoms with Gasteiger partial charge in [0.1, 0.15) is 6.54 Å². The van der Waals surface area contributed by atoms with E-state index >= 15 is 0 Å². The molecule has 0 bridgehead atoms. The number of alkyl halides is 6. The third-order valence-electron chi connectivity index (χ3n) is 3.89. The molecule has 1 aromatic carbocycles. The summed E-state index contributed by atoms with van der Waals surface area (Å²) in [5, 5.41) is 18.4. The van der Waals surface area contributed by atoms with E-state index in [4.69, 9.17) is 5.11 Å². The van der Waals surface area contributed by atoms with Crippen LogP contribution >= 0.6 is 0 Å². The van der Waals surface area contributed by atoms with Crippen LogP contribution in [0.25, 0.3) is 0 Å². The molecular weight excluding hydrogens is 394 g/mol. The molecule has 0 atom stereocenters. The molecule has 5 nitrogen and oxygen atoms in total. The summed E-state index contributed by atoms with van der Waals surface area (Å²) in [7, 11) is 0. The summed E-state index contributed by atoms with van der Waals surface area (Å²) >= 11 is 0. The van der Waals surface area contributed by atoms with E-state index < -0.39 is 36.0 Å². The van der Waals surface area contributed by atoms with Crippen LogP contribution in [-0.4, -0.2) is 40.1 Å². The van der Waals surface area contributed by atoms with Crippen LogP contribution in [-0.2, 0) is 16.9 Å². The van der Waals surface area contributed by atoms with Gasteiger partial charge in [-0.15, -0.1) is 0 Å². The Labute approximate surface area is 154 Å². The van der Waals surface area contributed by atoms with Crippen molar-refractivity contribution in [2.75, 3.05) is 11.4 Å². The summed E-state index contributed by atoms with van der Waals surface area (Å²) < 4.78 is 77.6. The zero-order valence-electron chi connectivity index (χ0n) is 14.0. The quantitative estimate of drug-likeness (QED) is 0.716. The Bertz CT molecular complexity index is 792. The van der Waals surface area contributed by atoms with Gasteiger partial charge in [-0.25, -0.2) is 0 Å². The van der Waals surface area contributed by atoms with E-state index in [0.29, 0.717) is 17.7 Å². The number of halogens is 6. The lowest BCUT2D eigenvalue weighted by atomic mass is 9.92. The number of carboxylic acid groups (broad SMARTS) is 1. The van der Waals surface area contributed by atoms with Gasteiger partial charge in [-0.1, -0.05) is 18.2 Å². The summed E-state index contributed by atoms with van der Waals surface area (Å²) in [5.41, 5.74) is -5.83. The molecule has 0 saturated heterocycles. The molecule has 1 aromatic heterocycles. The smallest absolute Gasteiger partial charge is 0.430 e. The van der Waals surface area contributed by atoms with Crippen molar-refractivity contribution in [3.05, 3.63) is 59.9 Å². The predicted molar refractivity (Wildman–Crippen MR) is 85.4 cm³/mol. The average molecular weight is 408 g/mol. The summed E-state index contributed by atoms with van der Waals surface area (Å²) in [5.74, 6) is -1.25. The highest BCUT2D eigenvalue weighted by atomic mass is 19.4. The predicted octanol–water partition coefficient (Wildman–Crippen LogP) is 3.49. The largest absolute Gasteiger partial charge is 0.480 e. The number of aliphatic hydroxyl groups is 1. The molecule has 2 rings (SSSR count). The van der Waals surface area contributed by atoms with Crippen molar-refractivity contribution in [2.24, 2.45) is 0 Å². The van der Waals surface area contributed by atoms with E-state index in [-0.39, 0.29) is 12.2 Å². The third kappa shape index (κ3) is 4.35. The maximum Gasteiger partial charge on any atom is 0.430 e. The van der Waals surface area contributed by atoms with E-state index in [1.165, 1.54) is 17.3 Å². The zero-order valence-corrected chi connectivity index (χ0v) is 14.0. The second-order valence-electron chi connectivity index (χ2n) is 5.86. The van der Waals surface area contributed by atoms with Crippen LogP contribution in [0.5, 0.6) is 0 Å². The molecule has 1 heterocycles. The lowest BCUT2D eigenvalue weighted by Gasteiger charge is -2.33. The molecule has 0 spiro atoms. The Balaban J connectivity index is 2.40. The second-order valence-corrected chi connectivity index (χ2v) is 5.86. The van der Waals surface area contributed by atoms with E-state index in [2.05, 4.69) is 4.98 Å². The molecule has 0 saturated carbocycles. The van der Waals surface area contributed by atoms with E-state index in [1.54, 1.807) is 12.1 Å². The number of rotatable bonds is 6. The topological polar surface area (TPSA) is 73.7 Å². The van der Waals surface area contributed by atoms with Crippen LogP contribution in [0, 0.1) is 0 Å². The lowest BCUT2D eigenvalue weighted by molar-refractivity contribution is -0.376. The van der Waals surface area contributed by atoms with Crippen molar-refractivity contribution >= 4 is 11.7 Å². The SMILES string of the molecule is O=C(O)CN(Cc1cccnc1)c1ccc(C(O)(C(F)(F)F)C(F)(F)F)cc1. The fourth-order valence-electron chi connectivity index (χ4n) is 2.52. The fraction of sp³-hybridized carbons (Fsp3) is 0.294. The van der Waals surface area contributed by atoms with Crippen molar-refractivity contribution in [3.63, 3.8) is 0 Å². The fourth-order valence-corrected chi connectivity index (χ4v) is 2.52. The number of pyridine rings is 1. The van der Waals surface area contributed by atoms with Gasteiger partial charge in [0.15, 0.2) is 0 Å². The van der Waals surface area contributed by atoms with Gasteiger partial charge < -0.3 is 15.1 Å². The van der Waals surface area contributed by atoms with E-state index in [0.717, 1.165) is 12.1 Å². The number of aromatic nitrogens is 1. The standard InChI is InChI=1S/C17H14F6N2O3/c18-16(19,20)15(28,17(21,22)23)12-3-5-13(6-4-12)25(10-14(26)27)9-11-2-1-7-24-8-11/h1-8,28H,9-10H2,(H,26,27). The van der Waals surface area contributed by atoms with Crippen LogP contribution in [0.1, 0.15) is 11.1 Å². The van der Waals surface area contributed by atoms with Gasteiger partial charge in [0.05, 0.1) is 0 Å². The number of hydrogen-bond acceptors (Lipinski definition) is 4. The molecule has 152 valence electrons. The minimum Gasteiger partial charge on any atom is -0.480 e. The summed E-state index contributed by atoms with van der Waals surface area (Å²) in [6, 6.07) is 5.92. The van der Waals surface area contributed by atoms with Crippen molar-refractivity contribution in [2.45, 2.75) is 24.5 Å². The van der Waals surface area contributed by atoms with Crippen LogP contribution in [0.15, 0.2) is 48.8 Å². The van der Waals surface area contributed by atoms with Crippen LogP contribution in [0.2, 0.25) is 0 Å². The van der Waals surface area contributed by atoms with Crippen molar-refractivity contribution < 1.29 is 41.4 Å². The van der Waals surface area contributed by atoms with Crippen molar-refractivity contribution in [1.82, 2.24) is 4.98 Å². The molecule has 0 aliphatic carbocycles. The van der Waals surface area contributed by atoms with Gasteiger partial charge in [0, 0.05) is 30.2 Å². The number of carbonyl (C=O) groups is 1. The van der Waals surface area contributed by atoms with Gasteiger partial charge >= 0.3 is 18.3 Å². The first kappa shape index (κ1) is 21.5. The molecule has 0 aliphatic rings. The lowest BCUT2D eigenvalue weighted by Crippen LogP contribution is -2.53. The molecule has 0 fully saturated rings. The molecule has 0 aliphatic heterocycles. The zero-order chi connectivity index (χ0) is 21.2. The summed E-state index contributed by atoms with van der Waals surface area (Å²) in [4.78, 5) is 16.1. The highest BCUT2D eigenvalue weighted by Crippen LogP contribution is 2.50. The van der Waals surface area contributed by atoms with Gasteiger partial charge in [0.2, 0.25) is 0 Å². The van der Waals surface area contributed by atoms with Crippen molar-refractivity contribution in [1.29, 1.82) is 0 Å². The minimum absolute atomic E-state index is 0.00228. The number of anilines is 1. The molecule has 2 N–H and O–H groups in total. The first-order valence-corrected chi connectivity index (χ1v) is 7.68. The molecule has 2 aromatic rings. The summed E-state index contributed by atoms with van der Waals surface area (Å²) in [6.07, 6.45) is -9.07. The Morgan fingerprint density at radius 3 is 2.00 bits per heavy atom. The van der Waals surface area contributed by atoms with E-state index in [9.17, 15) is 36.2 Å². The van der Waals surface area contributed by atoms with Crippen LogP contribution < -0.4 is 4.90 Å². The Hall–Kier alpha value is -2.82. The highest BCUT2D eigenvalue weighted by molar-refractivity contribution is 5.73. The van der Waals surface area contributed by atoms with Gasteiger partial charge in [0.25, 0.3) is 5.60 Å². The van der Waals surface area contributed by atoms with Crippen LogP contribution in [0.4, 0.5) is 32.0 Å². The van der Waals surface area contributed by atoms with Crippen LogP contribution in [0.3, 0.4) is 0 Å². The maximum absolute atomic E-state index is 12.9. The molecule has 11 heteroatoms. The molecule has 0 radical (unpaired) electrons. The first-order valence-electron chi connectivity index (χ1n) is 7.68. The molecule has 0 unspecified atom stereocenters. The average Bonchev–Trinajstić information content (AvgIpc) is 2.59. The maximum atomic E-state index is 12.9. The first-order chi connectivity index (χ1) is 12.9. The normalized spacial score (nSPS) is 12.7. The highest BCUT2D eigenvalue weighted by Gasteiger charge is 2.71. The number of carboxylic acids is 1. The summed E-state index contributed by atoms with van der Waals surface area (Å²) in [6.45, 7) is -0.556. The van der Waals surface area contributed by atoms with Gasteiger partial charge in [-0.3, -0.25) is 9.78 Å². The Kier molecular flexibility index (Phi) is 5.88. The van der Waals surface area contributed by atoms with E-state index in [1.807, 2.05) is 0 Å². The monoisotopic (exact) mass is 408 g/mol. The minimum atomic E-state index is -6.00. The van der Waals surface area contributed by atoms with Gasteiger partial charge in [-0.2, -0.15) is 26.3 Å².